The minimum Gasteiger partial charge on any atom is -0.457 e. The quantitative estimate of drug-likeness (QED) is 0.452. The molecule has 6 heteroatoms. The lowest BCUT2D eigenvalue weighted by molar-refractivity contribution is -0.119. The summed E-state index contributed by atoms with van der Waals surface area (Å²) in [4.78, 5) is 25.1. The van der Waals surface area contributed by atoms with Crippen LogP contribution in [0.2, 0.25) is 0 Å². The van der Waals surface area contributed by atoms with Crippen LogP contribution in [0.4, 0.5) is 5.69 Å². The largest absolute Gasteiger partial charge is 0.457 e. The Labute approximate surface area is 167 Å². The standard InChI is InChI=1S/C22H19NO4S/c1-28-20-10-6-5-9-19(20)23-21(24)15-26-22(25)16-11-13-18(14-12-16)27-17-7-3-2-4-8-17/h2-14H,15H2,1H3,(H,23,24). The van der Waals surface area contributed by atoms with Crippen LogP contribution in [0.5, 0.6) is 11.5 Å². The van der Waals surface area contributed by atoms with Crippen LogP contribution in [-0.2, 0) is 9.53 Å². The summed E-state index contributed by atoms with van der Waals surface area (Å²) in [6.07, 6.45) is 1.93. The second kappa shape index (κ2) is 9.62. The van der Waals surface area contributed by atoms with E-state index < -0.39 is 5.97 Å². The van der Waals surface area contributed by atoms with E-state index in [-0.39, 0.29) is 12.5 Å². The van der Waals surface area contributed by atoms with Crippen molar-refractivity contribution in [1.82, 2.24) is 0 Å². The fourth-order valence-electron chi connectivity index (χ4n) is 2.43. The molecule has 0 atom stereocenters. The summed E-state index contributed by atoms with van der Waals surface area (Å²) in [6, 6.07) is 23.3. The second-order valence-corrected chi connectivity index (χ2v) is 6.61. The van der Waals surface area contributed by atoms with E-state index in [4.69, 9.17) is 9.47 Å². The van der Waals surface area contributed by atoms with E-state index in [1.807, 2.05) is 54.8 Å². The van der Waals surface area contributed by atoms with Crippen LogP contribution in [0, 0.1) is 0 Å². The number of rotatable bonds is 7. The maximum absolute atomic E-state index is 12.1. The van der Waals surface area contributed by atoms with Crippen molar-refractivity contribution in [3.05, 3.63) is 84.4 Å². The van der Waals surface area contributed by atoms with E-state index in [1.165, 1.54) is 11.8 Å². The maximum atomic E-state index is 12.1. The van der Waals surface area contributed by atoms with Gasteiger partial charge in [0.05, 0.1) is 11.3 Å². The molecule has 0 aliphatic heterocycles. The predicted molar refractivity (Wildman–Crippen MR) is 110 cm³/mol. The molecule has 1 N–H and O–H groups in total. The number of carbonyl (C=O) groups excluding carboxylic acids is 2. The smallest absolute Gasteiger partial charge is 0.338 e. The molecule has 0 radical (unpaired) electrons. The highest BCUT2D eigenvalue weighted by molar-refractivity contribution is 7.98. The van der Waals surface area contributed by atoms with Gasteiger partial charge < -0.3 is 14.8 Å². The highest BCUT2D eigenvalue weighted by Gasteiger charge is 2.12. The van der Waals surface area contributed by atoms with E-state index >= 15 is 0 Å². The third-order valence-corrected chi connectivity index (χ3v) is 4.58. The van der Waals surface area contributed by atoms with E-state index in [0.29, 0.717) is 22.7 Å². The summed E-state index contributed by atoms with van der Waals surface area (Å²) in [5.41, 5.74) is 1.04. The van der Waals surface area contributed by atoms with Crippen LogP contribution < -0.4 is 10.1 Å². The van der Waals surface area contributed by atoms with Gasteiger partial charge in [0.2, 0.25) is 0 Å². The first-order chi connectivity index (χ1) is 13.7. The fraction of sp³-hybridized carbons (Fsp3) is 0.0909. The summed E-state index contributed by atoms with van der Waals surface area (Å²) in [5.74, 6) is 0.354. The van der Waals surface area contributed by atoms with Crippen molar-refractivity contribution < 1.29 is 19.1 Å². The number of benzene rings is 3. The van der Waals surface area contributed by atoms with E-state index in [0.717, 1.165) is 4.90 Å². The number of hydrogen-bond acceptors (Lipinski definition) is 5. The topological polar surface area (TPSA) is 64.6 Å². The number of hydrogen-bond donors (Lipinski definition) is 1. The Hall–Kier alpha value is -3.25. The average molecular weight is 393 g/mol. The molecule has 0 spiro atoms. The van der Waals surface area contributed by atoms with Crippen molar-refractivity contribution in [2.24, 2.45) is 0 Å². The van der Waals surface area contributed by atoms with Gasteiger partial charge >= 0.3 is 5.97 Å². The van der Waals surface area contributed by atoms with Gasteiger partial charge in [-0.2, -0.15) is 0 Å². The zero-order chi connectivity index (χ0) is 19.8. The van der Waals surface area contributed by atoms with Crippen LogP contribution in [0.15, 0.2) is 83.8 Å². The van der Waals surface area contributed by atoms with Gasteiger partial charge in [0.15, 0.2) is 6.61 Å². The predicted octanol–water partition coefficient (Wildman–Crippen LogP) is 5.00. The third-order valence-electron chi connectivity index (χ3n) is 3.78. The van der Waals surface area contributed by atoms with Crippen LogP contribution in [0.3, 0.4) is 0 Å². The lowest BCUT2D eigenvalue weighted by Crippen LogP contribution is -2.21. The highest BCUT2D eigenvalue weighted by atomic mass is 32.2. The molecule has 0 aliphatic rings. The molecule has 3 aromatic carbocycles. The van der Waals surface area contributed by atoms with Crippen molar-refractivity contribution in [3.63, 3.8) is 0 Å². The number of esters is 1. The Morgan fingerprint density at radius 1 is 0.857 bits per heavy atom. The van der Waals surface area contributed by atoms with Crippen molar-refractivity contribution in [3.8, 4) is 11.5 Å². The highest BCUT2D eigenvalue weighted by Crippen LogP contribution is 2.24. The lowest BCUT2D eigenvalue weighted by atomic mass is 10.2. The molecule has 1 amide bonds. The molecular weight excluding hydrogens is 374 g/mol. The van der Waals surface area contributed by atoms with Gasteiger partial charge in [0, 0.05) is 4.90 Å². The average Bonchev–Trinajstić information content (AvgIpc) is 2.74. The second-order valence-electron chi connectivity index (χ2n) is 5.76. The molecule has 0 unspecified atom stereocenters. The van der Waals surface area contributed by atoms with Crippen molar-refractivity contribution in [2.75, 3.05) is 18.2 Å². The van der Waals surface area contributed by atoms with Gasteiger partial charge in [-0.1, -0.05) is 30.3 Å². The number of nitrogens with one attached hydrogen (secondary N) is 1. The number of thioether (sulfide) groups is 1. The minimum atomic E-state index is -0.570. The van der Waals surface area contributed by atoms with E-state index in [1.54, 1.807) is 30.3 Å². The molecule has 0 saturated heterocycles. The summed E-state index contributed by atoms with van der Waals surface area (Å²) in [6.45, 7) is -0.357. The first-order valence-corrected chi connectivity index (χ1v) is 9.81. The third kappa shape index (κ3) is 5.37. The zero-order valence-corrected chi connectivity index (χ0v) is 16.1. The van der Waals surface area contributed by atoms with Gasteiger partial charge in [-0.3, -0.25) is 4.79 Å². The summed E-state index contributed by atoms with van der Waals surface area (Å²) in [5, 5.41) is 2.75. The molecule has 5 nitrogen and oxygen atoms in total. The molecule has 3 aromatic rings. The number of para-hydroxylation sites is 2. The van der Waals surface area contributed by atoms with Crippen molar-refractivity contribution in [1.29, 1.82) is 0 Å². The molecule has 0 fully saturated rings. The maximum Gasteiger partial charge on any atom is 0.338 e. The van der Waals surface area contributed by atoms with E-state index in [2.05, 4.69) is 5.32 Å². The molecule has 0 heterocycles. The first kappa shape index (κ1) is 19.5. The summed E-state index contributed by atoms with van der Waals surface area (Å²) >= 11 is 1.53. The minimum absolute atomic E-state index is 0.345. The molecule has 0 bridgehead atoms. The van der Waals surface area contributed by atoms with Crippen LogP contribution in [0.25, 0.3) is 0 Å². The van der Waals surface area contributed by atoms with Gasteiger partial charge in [0.1, 0.15) is 11.5 Å². The SMILES string of the molecule is CSc1ccccc1NC(=O)COC(=O)c1ccc(Oc2ccccc2)cc1. The molecule has 0 saturated carbocycles. The Morgan fingerprint density at radius 3 is 2.21 bits per heavy atom. The van der Waals surface area contributed by atoms with E-state index in [9.17, 15) is 9.59 Å². The Balaban J connectivity index is 1.52. The number of carbonyl (C=O) groups is 2. The number of amides is 1. The van der Waals surface area contributed by atoms with Crippen LogP contribution in [-0.4, -0.2) is 24.7 Å². The van der Waals surface area contributed by atoms with Gasteiger partial charge in [0.25, 0.3) is 5.91 Å². The summed E-state index contributed by atoms with van der Waals surface area (Å²) < 4.78 is 10.8. The molecule has 28 heavy (non-hydrogen) atoms. The van der Waals surface area contributed by atoms with Crippen molar-refractivity contribution >= 4 is 29.3 Å². The van der Waals surface area contributed by atoms with Crippen LogP contribution >= 0.6 is 11.8 Å². The number of anilines is 1. The Morgan fingerprint density at radius 2 is 1.50 bits per heavy atom. The lowest BCUT2D eigenvalue weighted by Gasteiger charge is -2.10. The van der Waals surface area contributed by atoms with Gasteiger partial charge in [-0.15, -0.1) is 11.8 Å². The fourth-order valence-corrected chi connectivity index (χ4v) is 2.99. The Bertz CT molecular complexity index is 942. The molecule has 0 aromatic heterocycles. The zero-order valence-electron chi connectivity index (χ0n) is 15.3. The van der Waals surface area contributed by atoms with Gasteiger partial charge in [-0.25, -0.2) is 4.79 Å². The monoisotopic (exact) mass is 393 g/mol. The molecule has 3 rings (SSSR count). The van der Waals surface area contributed by atoms with Crippen LogP contribution in [0.1, 0.15) is 10.4 Å². The molecule has 142 valence electrons. The summed E-state index contributed by atoms with van der Waals surface area (Å²) in [7, 11) is 0. The Kier molecular flexibility index (Phi) is 6.70. The first-order valence-electron chi connectivity index (χ1n) is 8.58. The normalized spacial score (nSPS) is 10.2. The van der Waals surface area contributed by atoms with Gasteiger partial charge in [-0.05, 0) is 54.8 Å². The molecule has 0 aliphatic carbocycles. The van der Waals surface area contributed by atoms with Crippen molar-refractivity contribution in [2.45, 2.75) is 4.90 Å². The molecular formula is C22H19NO4S. The number of ether oxygens (including phenoxy) is 2.